The molecule has 0 aromatic heterocycles. The van der Waals surface area contributed by atoms with Crippen LogP contribution in [0.1, 0.15) is 0 Å². The van der Waals surface area contributed by atoms with E-state index in [9.17, 15) is 4.79 Å². The third kappa shape index (κ3) is 6.32. The number of nitrogens with one attached hydrogen (secondary N) is 2. The quantitative estimate of drug-likeness (QED) is 0.461. The van der Waals surface area contributed by atoms with E-state index in [2.05, 4.69) is 26.6 Å². The molecule has 0 atom stereocenters. The highest BCUT2D eigenvalue weighted by molar-refractivity contribution is 9.10. The number of ether oxygens (including phenoxy) is 2. The molecule has 0 aliphatic heterocycles. The van der Waals surface area contributed by atoms with E-state index >= 15 is 0 Å². The van der Waals surface area contributed by atoms with E-state index in [1.54, 1.807) is 0 Å². The number of hydrogen-bond donors (Lipinski definition) is 2. The molecule has 28 heavy (non-hydrogen) atoms. The lowest BCUT2D eigenvalue weighted by Gasteiger charge is -2.14. The third-order valence-electron chi connectivity index (χ3n) is 3.81. The average molecular weight is 441 g/mol. The fraction of sp³-hybridized carbons (Fsp3) is 0.136. The summed E-state index contributed by atoms with van der Waals surface area (Å²) in [7, 11) is 0. The van der Waals surface area contributed by atoms with Gasteiger partial charge in [0.05, 0.1) is 12.2 Å². The highest BCUT2D eigenvalue weighted by Gasteiger charge is 2.06. The van der Waals surface area contributed by atoms with E-state index in [1.165, 1.54) is 0 Å². The molecule has 0 saturated heterocycles. The molecule has 0 unspecified atom stereocenters. The highest BCUT2D eigenvalue weighted by Crippen LogP contribution is 2.23. The Balaban J connectivity index is 1.46. The summed E-state index contributed by atoms with van der Waals surface area (Å²) in [6, 6.07) is 24.5. The summed E-state index contributed by atoms with van der Waals surface area (Å²) in [6.07, 6.45) is 0. The second kappa shape index (κ2) is 10.4. The van der Waals surface area contributed by atoms with Crippen molar-refractivity contribution in [2.75, 3.05) is 30.4 Å². The molecule has 2 N–H and O–H groups in total. The van der Waals surface area contributed by atoms with Gasteiger partial charge in [0.25, 0.3) is 0 Å². The molecule has 0 radical (unpaired) electrons. The number of hydrogen-bond acceptors (Lipinski definition) is 4. The summed E-state index contributed by atoms with van der Waals surface area (Å²) >= 11 is 3.37. The van der Waals surface area contributed by atoms with Crippen molar-refractivity contribution >= 4 is 33.2 Å². The monoisotopic (exact) mass is 440 g/mol. The largest absolute Gasteiger partial charge is 0.490 e. The summed E-state index contributed by atoms with van der Waals surface area (Å²) in [6.45, 7) is 0.970. The number of anilines is 2. The lowest BCUT2D eigenvalue weighted by Crippen LogP contribution is -2.22. The molecule has 0 saturated carbocycles. The van der Waals surface area contributed by atoms with Crippen molar-refractivity contribution in [2.24, 2.45) is 0 Å². The molecule has 1 amide bonds. The fourth-order valence-electron chi connectivity index (χ4n) is 2.48. The number of halogens is 1. The van der Waals surface area contributed by atoms with Crippen LogP contribution in [0.25, 0.3) is 0 Å². The maximum absolute atomic E-state index is 12.2. The maximum Gasteiger partial charge on any atom is 0.243 e. The van der Waals surface area contributed by atoms with Crippen LogP contribution in [0.2, 0.25) is 0 Å². The second-order valence-electron chi connectivity index (χ2n) is 5.91. The van der Waals surface area contributed by atoms with Gasteiger partial charge in [0.15, 0.2) is 0 Å². The van der Waals surface area contributed by atoms with Crippen LogP contribution in [-0.2, 0) is 4.79 Å². The summed E-state index contributed by atoms with van der Waals surface area (Å²) < 4.78 is 12.4. The number of carbonyl (C=O) groups excluding carboxylic acids is 1. The highest BCUT2D eigenvalue weighted by atomic mass is 79.9. The summed E-state index contributed by atoms with van der Waals surface area (Å²) in [5, 5.41) is 5.96. The minimum absolute atomic E-state index is 0.135. The molecule has 0 aliphatic carbocycles. The lowest BCUT2D eigenvalue weighted by atomic mass is 10.3. The molecule has 3 rings (SSSR count). The lowest BCUT2D eigenvalue weighted by molar-refractivity contribution is -0.114. The smallest absolute Gasteiger partial charge is 0.243 e. The first kappa shape index (κ1) is 19.8. The Morgan fingerprint density at radius 1 is 0.821 bits per heavy atom. The summed E-state index contributed by atoms with van der Waals surface area (Å²) in [5.41, 5.74) is 1.51. The van der Waals surface area contributed by atoms with Gasteiger partial charge in [-0.15, -0.1) is 0 Å². The first-order valence-corrected chi connectivity index (χ1v) is 9.69. The Hall–Kier alpha value is -2.99. The van der Waals surface area contributed by atoms with Crippen molar-refractivity contribution in [3.8, 4) is 11.5 Å². The van der Waals surface area contributed by atoms with E-state index in [4.69, 9.17) is 9.47 Å². The molecule has 144 valence electrons. The summed E-state index contributed by atoms with van der Waals surface area (Å²) in [4.78, 5) is 12.2. The van der Waals surface area contributed by atoms with E-state index in [1.807, 2.05) is 78.9 Å². The van der Waals surface area contributed by atoms with Gasteiger partial charge >= 0.3 is 0 Å². The molecule has 6 heteroatoms. The van der Waals surface area contributed by atoms with Crippen LogP contribution in [-0.4, -0.2) is 25.7 Å². The van der Waals surface area contributed by atoms with E-state index in [-0.39, 0.29) is 12.5 Å². The van der Waals surface area contributed by atoms with E-state index in [0.29, 0.717) is 19.0 Å². The second-order valence-corrected chi connectivity index (χ2v) is 6.83. The first-order valence-electron chi connectivity index (χ1n) is 8.90. The molecule has 3 aromatic rings. The fourth-order valence-corrected chi connectivity index (χ4v) is 2.74. The molecular formula is C22H21BrN2O3. The Bertz CT molecular complexity index is 886. The Morgan fingerprint density at radius 3 is 2.29 bits per heavy atom. The van der Waals surface area contributed by atoms with Gasteiger partial charge in [0, 0.05) is 10.2 Å². The zero-order chi connectivity index (χ0) is 19.6. The maximum atomic E-state index is 12.2. The van der Waals surface area contributed by atoms with Crippen LogP contribution in [0, 0.1) is 0 Å². The Kier molecular flexibility index (Phi) is 7.32. The molecule has 0 heterocycles. The van der Waals surface area contributed by atoms with Crippen LogP contribution in [0.5, 0.6) is 11.5 Å². The van der Waals surface area contributed by atoms with Gasteiger partial charge in [-0.25, -0.2) is 0 Å². The molecule has 0 bridgehead atoms. The predicted octanol–water partition coefficient (Wildman–Crippen LogP) is 4.96. The molecule has 3 aromatic carbocycles. The number of amides is 1. The first-order chi connectivity index (χ1) is 13.7. The van der Waals surface area contributed by atoms with Crippen molar-refractivity contribution < 1.29 is 14.3 Å². The van der Waals surface area contributed by atoms with E-state index in [0.717, 1.165) is 21.6 Å². The van der Waals surface area contributed by atoms with Gasteiger partial charge in [-0.2, -0.15) is 0 Å². The Morgan fingerprint density at radius 2 is 1.50 bits per heavy atom. The van der Waals surface area contributed by atoms with Gasteiger partial charge in [-0.05, 0) is 48.5 Å². The van der Waals surface area contributed by atoms with Crippen LogP contribution in [0.4, 0.5) is 11.4 Å². The summed E-state index contributed by atoms with van der Waals surface area (Å²) in [5.74, 6) is 1.35. The van der Waals surface area contributed by atoms with Crippen molar-refractivity contribution in [3.63, 3.8) is 0 Å². The van der Waals surface area contributed by atoms with Crippen molar-refractivity contribution in [2.45, 2.75) is 0 Å². The number of benzene rings is 3. The molecule has 5 nitrogen and oxygen atoms in total. The minimum Gasteiger partial charge on any atom is -0.490 e. The molecule has 0 fully saturated rings. The topological polar surface area (TPSA) is 59.6 Å². The standard InChI is InChI=1S/C22H21BrN2O3/c23-17-10-12-18(13-11-17)25-22(26)16-24-20-8-4-5-9-21(20)28-15-14-27-19-6-2-1-3-7-19/h1-13,24H,14-16H2,(H,25,26). The predicted molar refractivity (Wildman–Crippen MR) is 115 cm³/mol. The SMILES string of the molecule is O=C(CNc1ccccc1OCCOc1ccccc1)Nc1ccc(Br)cc1. The molecule has 0 spiro atoms. The van der Waals surface area contributed by atoms with Crippen molar-refractivity contribution in [1.82, 2.24) is 0 Å². The average Bonchev–Trinajstić information content (AvgIpc) is 2.73. The van der Waals surface area contributed by atoms with Crippen molar-refractivity contribution in [1.29, 1.82) is 0 Å². The third-order valence-corrected chi connectivity index (χ3v) is 4.34. The zero-order valence-electron chi connectivity index (χ0n) is 15.2. The van der Waals surface area contributed by atoms with Gasteiger partial charge in [0.2, 0.25) is 5.91 Å². The minimum atomic E-state index is -0.135. The van der Waals surface area contributed by atoms with E-state index < -0.39 is 0 Å². The van der Waals surface area contributed by atoms with Gasteiger partial charge in [-0.1, -0.05) is 46.3 Å². The Labute approximate surface area is 172 Å². The van der Waals surface area contributed by atoms with Crippen LogP contribution in [0.3, 0.4) is 0 Å². The van der Waals surface area contributed by atoms with Gasteiger partial charge < -0.3 is 20.1 Å². The number of para-hydroxylation sites is 3. The van der Waals surface area contributed by atoms with Crippen molar-refractivity contribution in [3.05, 3.63) is 83.3 Å². The molecular weight excluding hydrogens is 420 g/mol. The van der Waals surface area contributed by atoms with Crippen LogP contribution >= 0.6 is 15.9 Å². The van der Waals surface area contributed by atoms with Crippen LogP contribution < -0.4 is 20.1 Å². The van der Waals surface area contributed by atoms with Gasteiger partial charge in [-0.3, -0.25) is 4.79 Å². The normalized spacial score (nSPS) is 10.2. The van der Waals surface area contributed by atoms with Crippen LogP contribution in [0.15, 0.2) is 83.3 Å². The molecule has 0 aliphatic rings. The zero-order valence-corrected chi connectivity index (χ0v) is 16.8. The number of carbonyl (C=O) groups is 1. The van der Waals surface area contributed by atoms with Gasteiger partial charge in [0.1, 0.15) is 24.7 Å². The number of rotatable bonds is 9.